The molecule has 0 spiro atoms. The minimum absolute atomic E-state index is 0.0575. The topological polar surface area (TPSA) is 80.8 Å². The molecule has 0 radical (unpaired) electrons. The predicted octanol–water partition coefficient (Wildman–Crippen LogP) is 2.92. The van der Waals surface area contributed by atoms with E-state index in [2.05, 4.69) is 0 Å². The molecule has 1 unspecified atom stereocenters. The van der Waals surface area contributed by atoms with Crippen molar-refractivity contribution in [3.05, 3.63) is 29.8 Å². The zero-order valence-corrected chi connectivity index (χ0v) is 15.7. The maximum atomic E-state index is 12.9. The molecule has 0 aromatic heterocycles. The van der Waals surface area contributed by atoms with Gasteiger partial charge in [-0.3, -0.25) is 4.79 Å². The van der Waals surface area contributed by atoms with Gasteiger partial charge in [0, 0.05) is 19.5 Å². The molecule has 1 heterocycles. The highest BCUT2D eigenvalue weighted by Gasteiger charge is 2.28. The van der Waals surface area contributed by atoms with Crippen LogP contribution >= 0.6 is 0 Å². The summed E-state index contributed by atoms with van der Waals surface area (Å²) in [5, 5.41) is 0. The van der Waals surface area contributed by atoms with Crippen LogP contribution in [-0.2, 0) is 19.6 Å². The van der Waals surface area contributed by atoms with Crippen LogP contribution in [0, 0.1) is 0 Å². The van der Waals surface area contributed by atoms with E-state index in [9.17, 15) is 18.0 Å². The summed E-state index contributed by atoms with van der Waals surface area (Å²) < 4.78 is 32.6. The number of esters is 1. The number of hydrogen-bond donors (Lipinski definition) is 0. The minimum atomic E-state index is -3.63. The molecule has 6 nitrogen and oxygen atoms in total. The SMILES string of the molecule is O=C(OC1CCCCC1=O)c1cccc(S(=O)(=O)N2CCCCCC2)c1. The first kappa shape index (κ1) is 19.0. The number of ether oxygens (including phenoxy) is 1. The Balaban J connectivity index is 1.76. The molecule has 26 heavy (non-hydrogen) atoms. The van der Waals surface area contributed by atoms with Crippen LogP contribution in [0.15, 0.2) is 29.2 Å². The first-order valence-corrected chi connectivity index (χ1v) is 10.8. The number of carbonyl (C=O) groups is 2. The van der Waals surface area contributed by atoms with Crippen LogP contribution in [0.1, 0.15) is 61.7 Å². The summed E-state index contributed by atoms with van der Waals surface area (Å²) in [6, 6.07) is 5.93. The molecule has 2 fully saturated rings. The summed E-state index contributed by atoms with van der Waals surface area (Å²) in [6.07, 6.45) is 5.72. The van der Waals surface area contributed by atoms with Crippen LogP contribution in [0.5, 0.6) is 0 Å². The van der Waals surface area contributed by atoms with E-state index >= 15 is 0 Å². The number of sulfonamides is 1. The molecule has 2 aliphatic rings. The lowest BCUT2D eigenvalue weighted by Crippen LogP contribution is -2.32. The highest BCUT2D eigenvalue weighted by atomic mass is 32.2. The van der Waals surface area contributed by atoms with Crippen molar-refractivity contribution in [2.45, 2.75) is 62.4 Å². The Morgan fingerprint density at radius 1 is 1.04 bits per heavy atom. The lowest BCUT2D eigenvalue weighted by Gasteiger charge is -2.21. The molecule has 3 rings (SSSR count). The minimum Gasteiger partial charge on any atom is -0.451 e. The van der Waals surface area contributed by atoms with E-state index in [-0.39, 0.29) is 16.2 Å². The van der Waals surface area contributed by atoms with Gasteiger partial charge in [0.25, 0.3) is 0 Å². The number of ketones is 1. The fraction of sp³-hybridized carbons (Fsp3) is 0.579. The lowest BCUT2D eigenvalue weighted by molar-refractivity contribution is -0.129. The summed E-state index contributed by atoms with van der Waals surface area (Å²) in [7, 11) is -3.63. The van der Waals surface area contributed by atoms with Crippen molar-refractivity contribution in [2.75, 3.05) is 13.1 Å². The largest absolute Gasteiger partial charge is 0.451 e. The molecule has 1 aromatic rings. The summed E-state index contributed by atoms with van der Waals surface area (Å²) in [4.78, 5) is 24.3. The summed E-state index contributed by atoms with van der Waals surface area (Å²) in [5.74, 6) is -0.698. The Hall–Kier alpha value is -1.73. The van der Waals surface area contributed by atoms with Gasteiger partial charge >= 0.3 is 5.97 Å². The highest BCUT2D eigenvalue weighted by molar-refractivity contribution is 7.89. The van der Waals surface area contributed by atoms with Crippen LogP contribution < -0.4 is 0 Å². The van der Waals surface area contributed by atoms with Gasteiger partial charge < -0.3 is 4.74 Å². The molecule has 0 N–H and O–H groups in total. The van der Waals surface area contributed by atoms with Crippen LogP contribution in [0.25, 0.3) is 0 Å². The number of rotatable bonds is 4. The van der Waals surface area contributed by atoms with Crippen LogP contribution in [0.2, 0.25) is 0 Å². The zero-order valence-electron chi connectivity index (χ0n) is 14.9. The second-order valence-electron chi connectivity index (χ2n) is 6.95. The first-order chi connectivity index (χ1) is 12.5. The van der Waals surface area contributed by atoms with Gasteiger partial charge in [0.1, 0.15) is 0 Å². The molecule has 0 bridgehead atoms. The number of Topliss-reactive ketones (excluding diaryl/α,β-unsaturated/α-hetero) is 1. The summed E-state index contributed by atoms with van der Waals surface area (Å²) >= 11 is 0. The van der Waals surface area contributed by atoms with E-state index in [0.29, 0.717) is 25.9 Å². The third kappa shape index (κ3) is 4.32. The van der Waals surface area contributed by atoms with Gasteiger partial charge in [-0.15, -0.1) is 0 Å². The van der Waals surface area contributed by atoms with E-state index in [4.69, 9.17) is 4.74 Å². The van der Waals surface area contributed by atoms with Gasteiger partial charge in [-0.25, -0.2) is 13.2 Å². The van der Waals surface area contributed by atoms with Crippen molar-refractivity contribution >= 4 is 21.8 Å². The van der Waals surface area contributed by atoms with Crippen molar-refractivity contribution in [3.8, 4) is 0 Å². The van der Waals surface area contributed by atoms with Gasteiger partial charge in [0.15, 0.2) is 11.9 Å². The second-order valence-corrected chi connectivity index (χ2v) is 8.89. The number of nitrogens with zero attached hydrogens (tertiary/aromatic N) is 1. The molecule has 1 atom stereocenters. The fourth-order valence-corrected chi connectivity index (χ4v) is 5.05. The van der Waals surface area contributed by atoms with E-state index in [1.165, 1.54) is 22.5 Å². The van der Waals surface area contributed by atoms with Crippen molar-refractivity contribution in [1.29, 1.82) is 0 Å². The average molecular weight is 379 g/mol. The van der Waals surface area contributed by atoms with Gasteiger partial charge in [-0.2, -0.15) is 4.31 Å². The average Bonchev–Trinajstić information content (AvgIpc) is 2.94. The van der Waals surface area contributed by atoms with Crippen molar-refractivity contribution in [1.82, 2.24) is 4.31 Å². The Morgan fingerprint density at radius 2 is 1.77 bits per heavy atom. The van der Waals surface area contributed by atoms with E-state index in [0.717, 1.165) is 38.5 Å². The summed E-state index contributed by atoms with van der Waals surface area (Å²) in [6.45, 7) is 1.02. The second kappa shape index (κ2) is 8.31. The standard InChI is InChI=1S/C19H25NO5S/c21-17-10-3-4-11-18(17)25-19(22)15-8-7-9-16(14-15)26(23,24)20-12-5-1-2-6-13-20/h7-9,14,18H,1-6,10-13H2. The molecule has 1 aliphatic heterocycles. The molecule has 1 saturated carbocycles. The van der Waals surface area contributed by atoms with Gasteiger partial charge in [0.05, 0.1) is 10.5 Å². The van der Waals surface area contributed by atoms with E-state index in [1.54, 1.807) is 6.07 Å². The Labute approximate surface area is 154 Å². The Morgan fingerprint density at radius 3 is 2.46 bits per heavy atom. The van der Waals surface area contributed by atoms with Crippen molar-refractivity contribution in [3.63, 3.8) is 0 Å². The smallest absolute Gasteiger partial charge is 0.338 e. The Bertz CT molecular complexity index is 766. The van der Waals surface area contributed by atoms with Crippen molar-refractivity contribution < 1.29 is 22.7 Å². The fourth-order valence-electron chi connectivity index (χ4n) is 3.49. The molecule has 142 valence electrons. The van der Waals surface area contributed by atoms with Gasteiger partial charge in [0.2, 0.25) is 10.0 Å². The van der Waals surface area contributed by atoms with Gasteiger partial charge in [-0.1, -0.05) is 18.9 Å². The number of hydrogen-bond acceptors (Lipinski definition) is 5. The maximum Gasteiger partial charge on any atom is 0.338 e. The molecular weight excluding hydrogens is 354 g/mol. The molecular formula is C19H25NO5S. The van der Waals surface area contributed by atoms with Crippen LogP contribution in [0.3, 0.4) is 0 Å². The zero-order chi connectivity index (χ0) is 18.6. The molecule has 1 aliphatic carbocycles. The molecule has 0 amide bonds. The molecule has 7 heteroatoms. The third-order valence-electron chi connectivity index (χ3n) is 5.02. The quantitative estimate of drug-likeness (QED) is 0.752. The maximum absolute atomic E-state index is 12.9. The number of benzene rings is 1. The normalized spacial score (nSPS) is 22.6. The lowest BCUT2D eigenvalue weighted by atomic mass is 9.96. The molecule has 1 saturated heterocycles. The van der Waals surface area contributed by atoms with E-state index < -0.39 is 22.1 Å². The summed E-state index contributed by atoms with van der Waals surface area (Å²) in [5.41, 5.74) is 0.166. The predicted molar refractivity (Wildman–Crippen MR) is 96.3 cm³/mol. The number of carbonyl (C=O) groups excluding carboxylic acids is 2. The molecule has 1 aromatic carbocycles. The van der Waals surface area contributed by atoms with Crippen molar-refractivity contribution in [2.24, 2.45) is 0 Å². The first-order valence-electron chi connectivity index (χ1n) is 9.32. The van der Waals surface area contributed by atoms with Crippen LogP contribution in [-0.4, -0.2) is 43.7 Å². The Kier molecular flexibility index (Phi) is 6.09. The van der Waals surface area contributed by atoms with E-state index in [1.807, 2.05) is 0 Å². The highest BCUT2D eigenvalue weighted by Crippen LogP contribution is 2.23. The monoisotopic (exact) mass is 379 g/mol. The van der Waals surface area contributed by atoms with Gasteiger partial charge in [-0.05, 0) is 50.3 Å². The third-order valence-corrected chi connectivity index (χ3v) is 6.92. The van der Waals surface area contributed by atoms with Crippen LogP contribution in [0.4, 0.5) is 0 Å².